The van der Waals surface area contributed by atoms with Crippen LogP contribution in [0.5, 0.6) is 11.5 Å². The molecule has 114 valence electrons. The van der Waals surface area contributed by atoms with Gasteiger partial charge in [0.2, 0.25) is 0 Å². The number of aromatic nitrogens is 3. The number of hydrazine groups is 1. The number of aryl methyl sites for hydroxylation is 1. The molecule has 1 aromatic heterocycles. The average Bonchev–Trinajstić information content (AvgIpc) is 2.89. The maximum Gasteiger partial charge on any atom is 0.161 e. The lowest BCUT2D eigenvalue weighted by molar-refractivity contribution is 0.287. The minimum absolute atomic E-state index is 0.222. The highest BCUT2D eigenvalue weighted by Gasteiger charge is 2.18. The standard InChI is InChI=1S/C14H21N5O2/c1-4-20-12-7-6-10(8-13(12)21-5-2)14(17-15)11-9-16-18-19(11)3/h6-9,14,17H,4-5,15H2,1-3H3. The molecule has 1 aromatic carbocycles. The molecule has 0 fully saturated rings. The minimum Gasteiger partial charge on any atom is -0.490 e. The Morgan fingerprint density at radius 1 is 1.24 bits per heavy atom. The van der Waals surface area contributed by atoms with Crippen molar-refractivity contribution in [1.29, 1.82) is 0 Å². The van der Waals surface area contributed by atoms with Gasteiger partial charge >= 0.3 is 0 Å². The second-order valence-electron chi connectivity index (χ2n) is 4.45. The number of nitrogens with zero attached hydrogens (tertiary/aromatic N) is 3. The highest BCUT2D eigenvalue weighted by atomic mass is 16.5. The Morgan fingerprint density at radius 2 is 1.95 bits per heavy atom. The fraction of sp³-hybridized carbons (Fsp3) is 0.429. The van der Waals surface area contributed by atoms with Crippen molar-refractivity contribution in [1.82, 2.24) is 20.4 Å². The second kappa shape index (κ2) is 7.05. The minimum atomic E-state index is -0.222. The van der Waals surface area contributed by atoms with Crippen LogP contribution >= 0.6 is 0 Å². The van der Waals surface area contributed by atoms with Crippen LogP contribution in [0.15, 0.2) is 24.4 Å². The molecule has 0 saturated heterocycles. The molecule has 7 nitrogen and oxygen atoms in total. The molecule has 0 amide bonds. The molecule has 7 heteroatoms. The SMILES string of the molecule is CCOc1ccc(C(NN)c2cnnn2C)cc1OCC. The average molecular weight is 291 g/mol. The molecular weight excluding hydrogens is 270 g/mol. The number of rotatable bonds is 7. The van der Waals surface area contributed by atoms with Gasteiger partial charge in [0.25, 0.3) is 0 Å². The summed E-state index contributed by atoms with van der Waals surface area (Å²) < 4.78 is 12.9. The van der Waals surface area contributed by atoms with Crippen molar-refractivity contribution in [2.45, 2.75) is 19.9 Å². The number of ether oxygens (including phenoxy) is 2. The summed E-state index contributed by atoms with van der Waals surface area (Å²) in [6, 6.07) is 5.54. The van der Waals surface area contributed by atoms with E-state index in [4.69, 9.17) is 15.3 Å². The Bertz CT molecular complexity index is 584. The summed E-state index contributed by atoms with van der Waals surface area (Å²) in [5.74, 6) is 7.12. The summed E-state index contributed by atoms with van der Waals surface area (Å²) in [6.45, 7) is 5.03. The summed E-state index contributed by atoms with van der Waals surface area (Å²) in [5.41, 5.74) is 4.60. The van der Waals surface area contributed by atoms with Gasteiger partial charge in [0.05, 0.1) is 31.1 Å². The van der Waals surface area contributed by atoms with Gasteiger partial charge in [0.1, 0.15) is 0 Å². The quantitative estimate of drug-likeness (QED) is 0.588. The summed E-state index contributed by atoms with van der Waals surface area (Å²) in [5, 5.41) is 7.82. The molecule has 1 heterocycles. The van der Waals surface area contributed by atoms with Gasteiger partial charge in [-0.25, -0.2) is 5.43 Å². The third-order valence-electron chi connectivity index (χ3n) is 3.11. The van der Waals surface area contributed by atoms with Gasteiger partial charge in [0, 0.05) is 7.05 Å². The van der Waals surface area contributed by atoms with E-state index >= 15 is 0 Å². The molecule has 3 N–H and O–H groups in total. The number of nitrogens with two attached hydrogens (primary N) is 1. The van der Waals surface area contributed by atoms with Gasteiger partial charge in [-0.2, -0.15) is 0 Å². The van der Waals surface area contributed by atoms with Crippen molar-refractivity contribution in [2.24, 2.45) is 12.9 Å². The van der Waals surface area contributed by atoms with Crippen molar-refractivity contribution in [3.63, 3.8) is 0 Å². The number of hydrogen-bond donors (Lipinski definition) is 2. The highest BCUT2D eigenvalue weighted by Crippen LogP contribution is 2.32. The molecular formula is C14H21N5O2. The topological polar surface area (TPSA) is 87.2 Å². The largest absolute Gasteiger partial charge is 0.490 e. The van der Waals surface area contributed by atoms with Crippen molar-refractivity contribution in [3.05, 3.63) is 35.7 Å². The van der Waals surface area contributed by atoms with E-state index < -0.39 is 0 Å². The molecule has 1 atom stereocenters. The molecule has 0 aliphatic rings. The molecule has 21 heavy (non-hydrogen) atoms. The lowest BCUT2D eigenvalue weighted by Crippen LogP contribution is -2.30. The van der Waals surface area contributed by atoms with Crippen LogP contribution in [0.4, 0.5) is 0 Å². The van der Waals surface area contributed by atoms with Gasteiger partial charge in [-0.05, 0) is 31.5 Å². The molecule has 2 rings (SSSR count). The monoisotopic (exact) mass is 291 g/mol. The smallest absolute Gasteiger partial charge is 0.161 e. The van der Waals surface area contributed by atoms with Crippen LogP contribution in [-0.2, 0) is 7.05 Å². The Balaban J connectivity index is 2.38. The van der Waals surface area contributed by atoms with Crippen LogP contribution in [0.1, 0.15) is 31.1 Å². The summed E-state index contributed by atoms with van der Waals surface area (Å²) in [6.07, 6.45) is 1.68. The van der Waals surface area contributed by atoms with E-state index in [2.05, 4.69) is 15.7 Å². The van der Waals surface area contributed by atoms with Crippen molar-refractivity contribution in [3.8, 4) is 11.5 Å². The zero-order chi connectivity index (χ0) is 15.2. The highest BCUT2D eigenvalue weighted by molar-refractivity contribution is 5.45. The first kappa shape index (κ1) is 15.3. The maximum absolute atomic E-state index is 5.69. The van der Waals surface area contributed by atoms with Gasteiger partial charge in [-0.3, -0.25) is 10.5 Å². The number of nitrogens with one attached hydrogen (secondary N) is 1. The first-order chi connectivity index (χ1) is 10.2. The molecule has 0 spiro atoms. The summed E-state index contributed by atoms with van der Waals surface area (Å²) in [4.78, 5) is 0. The fourth-order valence-electron chi connectivity index (χ4n) is 2.16. The lowest BCUT2D eigenvalue weighted by atomic mass is 10.0. The molecule has 0 bridgehead atoms. The van der Waals surface area contributed by atoms with E-state index in [1.165, 1.54) is 0 Å². The number of hydrogen-bond acceptors (Lipinski definition) is 6. The number of benzene rings is 1. The lowest BCUT2D eigenvalue weighted by Gasteiger charge is -2.18. The summed E-state index contributed by atoms with van der Waals surface area (Å²) in [7, 11) is 1.82. The predicted octanol–water partition coefficient (Wildman–Crippen LogP) is 1.17. The second-order valence-corrected chi connectivity index (χ2v) is 4.45. The van der Waals surface area contributed by atoms with Crippen molar-refractivity contribution in [2.75, 3.05) is 13.2 Å². The van der Waals surface area contributed by atoms with Crippen molar-refractivity contribution < 1.29 is 9.47 Å². The Hall–Kier alpha value is -2.12. The first-order valence-electron chi connectivity index (χ1n) is 6.91. The van der Waals surface area contributed by atoms with Gasteiger partial charge in [0.15, 0.2) is 11.5 Å². The van der Waals surface area contributed by atoms with E-state index in [9.17, 15) is 0 Å². The van der Waals surface area contributed by atoms with Crippen LogP contribution in [-0.4, -0.2) is 28.2 Å². The Morgan fingerprint density at radius 3 is 2.52 bits per heavy atom. The van der Waals surface area contributed by atoms with E-state index in [-0.39, 0.29) is 6.04 Å². The van der Waals surface area contributed by atoms with E-state index in [1.807, 2.05) is 39.1 Å². The molecule has 1 unspecified atom stereocenters. The zero-order valence-electron chi connectivity index (χ0n) is 12.5. The van der Waals surface area contributed by atoms with E-state index in [1.54, 1.807) is 10.9 Å². The third kappa shape index (κ3) is 3.32. The predicted molar refractivity (Wildman–Crippen MR) is 78.9 cm³/mol. The zero-order valence-corrected chi connectivity index (χ0v) is 12.5. The normalized spacial score (nSPS) is 12.2. The van der Waals surface area contributed by atoms with E-state index in [0.717, 1.165) is 17.0 Å². The molecule has 0 aliphatic carbocycles. The molecule has 0 saturated carbocycles. The van der Waals surface area contributed by atoms with Crippen LogP contribution in [0.3, 0.4) is 0 Å². The molecule has 0 radical (unpaired) electrons. The van der Waals surface area contributed by atoms with E-state index in [0.29, 0.717) is 19.0 Å². The Labute approximate surface area is 124 Å². The summed E-state index contributed by atoms with van der Waals surface area (Å²) >= 11 is 0. The fourth-order valence-corrected chi connectivity index (χ4v) is 2.16. The van der Waals surface area contributed by atoms with Gasteiger partial charge in [-0.15, -0.1) is 5.10 Å². The van der Waals surface area contributed by atoms with Crippen LogP contribution < -0.4 is 20.7 Å². The van der Waals surface area contributed by atoms with Crippen molar-refractivity contribution >= 4 is 0 Å². The van der Waals surface area contributed by atoms with Crippen LogP contribution in [0.25, 0.3) is 0 Å². The molecule has 0 aliphatic heterocycles. The third-order valence-corrected chi connectivity index (χ3v) is 3.11. The van der Waals surface area contributed by atoms with Gasteiger partial charge < -0.3 is 9.47 Å². The maximum atomic E-state index is 5.69. The first-order valence-corrected chi connectivity index (χ1v) is 6.91. The van der Waals surface area contributed by atoms with Gasteiger partial charge in [-0.1, -0.05) is 11.3 Å². The van der Waals surface area contributed by atoms with Crippen LogP contribution in [0, 0.1) is 0 Å². The Kier molecular flexibility index (Phi) is 5.13. The van der Waals surface area contributed by atoms with Crippen LogP contribution in [0.2, 0.25) is 0 Å². The molecule has 2 aromatic rings.